The van der Waals surface area contributed by atoms with Crippen molar-refractivity contribution < 1.29 is 9.53 Å². The van der Waals surface area contributed by atoms with Gasteiger partial charge in [0.05, 0.1) is 6.04 Å². The van der Waals surface area contributed by atoms with Gasteiger partial charge in [-0.3, -0.25) is 4.90 Å². The van der Waals surface area contributed by atoms with Gasteiger partial charge in [0, 0.05) is 17.6 Å². The molecule has 1 fully saturated rings. The summed E-state index contributed by atoms with van der Waals surface area (Å²) in [6.07, 6.45) is 1.73. The molecule has 21 heavy (non-hydrogen) atoms. The van der Waals surface area contributed by atoms with Gasteiger partial charge >= 0.3 is 6.09 Å². The molecule has 0 aliphatic carbocycles. The maximum Gasteiger partial charge on any atom is 0.410 e. The lowest BCUT2D eigenvalue weighted by molar-refractivity contribution is 0.0920. The molecule has 0 unspecified atom stereocenters. The monoisotopic (exact) mass is 302 g/mol. The van der Waals surface area contributed by atoms with Gasteiger partial charge in [0.1, 0.15) is 11.6 Å². The first kappa shape index (κ1) is 14.1. The second kappa shape index (κ2) is 6.26. The van der Waals surface area contributed by atoms with Crippen LogP contribution in [-0.2, 0) is 11.3 Å². The number of carbonyl (C=O) groups excluding carboxylic acids is 1. The smallest absolute Gasteiger partial charge is 0.410 e. The highest BCUT2D eigenvalue weighted by Gasteiger charge is 2.32. The molecule has 3 rings (SSSR count). The molecule has 4 nitrogen and oxygen atoms in total. The number of benzene rings is 1. The molecule has 0 spiro atoms. The van der Waals surface area contributed by atoms with Crippen LogP contribution in [-0.4, -0.2) is 22.5 Å². The standard InChI is InChI=1S/C16H18N2O2S/c1-12-11-21-15(17-12)14-8-5-9-18(14)16(19)20-10-13-6-3-2-4-7-13/h2-4,6-7,11,14H,5,8-10H2,1H3/t14-/m1/s1. The van der Waals surface area contributed by atoms with Gasteiger partial charge < -0.3 is 4.74 Å². The molecule has 110 valence electrons. The zero-order valence-corrected chi connectivity index (χ0v) is 12.8. The third-order valence-electron chi connectivity index (χ3n) is 3.61. The number of hydrogen-bond acceptors (Lipinski definition) is 4. The second-order valence-corrected chi connectivity index (χ2v) is 6.11. The van der Waals surface area contributed by atoms with E-state index in [4.69, 9.17) is 4.74 Å². The molecule has 2 heterocycles. The quantitative estimate of drug-likeness (QED) is 0.863. The van der Waals surface area contributed by atoms with E-state index in [2.05, 4.69) is 4.98 Å². The lowest BCUT2D eigenvalue weighted by Crippen LogP contribution is -2.31. The summed E-state index contributed by atoms with van der Waals surface area (Å²) in [6, 6.07) is 9.83. The molecule has 0 radical (unpaired) electrons. The van der Waals surface area contributed by atoms with E-state index in [1.165, 1.54) is 0 Å². The minimum absolute atomic E-state index is 0.0759. The first-order valence-corrected chi connectivity index (χ1v) is 8.01. The third-order valence-corrected chi connectivity index (χ3v) is 4.68. The number of aryl methyl sites for hydroxylation is 1. The first-order valence-electron chi connectivity index (χ1n) is 7.13. The molecule has 2 aromatic rings. The molecule has 0 N–H and O–H groups in total. The van der Waals surface area contributed by atoms with Gasteiger partial charge in [0.15, 0.2) is 0 Å². The Labute approximate surface area is 128 Å². The average Bonchev–Trinajstić information content (AvgIpc) is 3.14. The van der Waals surface area contributed by atoms with E-state index >= 15 is 0 Å². The molecule has 1 aromatic carbocycles. The molecule has 1 aliphatic heterocycles. The lowest BCUT2D eigenvalue weighted by atomic mass is 10.2. The Morgan fingerprint density at radius 3 is 2.95 bits per heavy atom. The largest absolute Gasteiger partial charge is 0.445 e. The SMILES string of the molecule is Cc1csc([C@H]2CCCN2C(=O)OCc2ccccc2)n1. The second-order valence-electron chi connectivity index (χ2n) is 5.22. The van der Waals surface area contributed by atoms with Crippen molar-refractivity contribution in [3.05, 3.63) is 52.0 Å². The Morgan fingerprint density at radius 2 is 2.24 bits per heavy atom. The maximum atomic E-state index is 12.3. The maximum absolute atomic E-state index is 12.3. The number of likely N-dealkylation sites (tertiary alicyclic amines) is 1. The summed E-state index contributed by atoms with van der Waals surface area (Å²) in [6.45, 7) is 3.05. The summed E-state index contributed by atoms with van der Waals surface area (Å²) in [5.41, 5.74) is 2.02. The summed E-state index contributed by atoms with van der Waals surface area (Å²) in [4.78, 5) is 18.6. The lowest BCUT2D eigenvalue weighted by Gasteiger charge is -2.22. The topological polar surface area (TPSA) is 42.4 Å². The zero-order valence-electron chi connectivity index (χ0n) is 12.0. The third kappa shape index (κ3) is 3.24. The van der Waals surface area contributed by atoms with Gasteiger partial charge in [0.2, 0.25) is 0 Å². The van der Waals surface area contributed by atoms with Crippen LogP contribution in [0.5, 0.6) is 0 Å². The highest BCUT2D eigenvalue weighted by Crippen LogP contribution is 2.34. The zero-order chi connectivity index (χ0) is 14.7. The Balaban J connectivity index is 1.63. The Morgan fingerprint density at radius 1 is 1.43 bits per heavy atom. The highest BCUT2D eigenvalue weighted by atomic mass is 32.1. The molecular formula is C16H18N2O2S. The summed E-state index contributed by atoms with van der Waals surface area (Å²) >= 11 is 1.62. The van der Waals surface area contributed by atoms with Crippen LogP contribution in [0.15, 0.2) is 35.7 Å². The minimum Gasteiger partial charge on any atom is -0.445 e. The minimum atomic E-state index is -0.241. The van der Waals surface area contributed by atoms with Crippen LogP contribution in [0, 0.1) is 6.92 Å². The van der Waals surface area contributed by atoms with Crippen molar-refractivity contribution in [3.63, 3.8) is 0 Å². The van der Waals surface area contributed by atoms with Crippen molar-refractivity contribution in [2.45, 2.75) is 32.4 Å². The predicted octanol–water partition coefficient (Wildman–Crippen LogP) is 3.93. The number of thiazole rings is 1. The fourth-order valence-electron chi connectivity index (χ4n) is 2.57. The van der Waals surface area contributed by atoms with Crippen molar-refractivity contribution in [1.82, 2.24) is 9.88 Å². The molecule has 0 bridgehead atoms. The number of aromatic nitrogens is 1. The molecule has 1 aromatic heterocycles. The average molecular weight is 302 g/mol. The van der Waals surface area contributed by atoms with Crippen molar-refractivity contribution >= 4 is 17.4 Å². The Hall–Kier alpha value is -1.88. The number of ether oxygens (including phenoxy) is 1. The van der Waals surface area contributed by atoms with Gasteiger partial charge in [-0.05, 0) is 25.3 Å². The van der Waals surface area contributed by atoms with Gasteiger partial charge in [0.25, 0.3) is 0 Å². The van der Waals surface area contributed by atoms with Crippen molar-refractivity contribution in [3.8, 4) is 0 Å². The van der Waals surface area contributed by atoms with Crippen LogP contribution in [0.1, 0.15) is 35.1 Å². The van der Waals surface area contributed by atoms with Crippen LogP contribution < -0.4 is 0 Å². The number of rotatable bonds is 3. The molecule has 0 saturated carbocycles. The van der Waals surface area contributed by atoms with Gasteiger partial charge in [-0.25, -0.2) is 9.78 Å². The molecule has 1 saturated heterocycles. The van der Waals surface area contributed by atoms with Crippen LogP contribution in [0.2, 0.25) is 0 Å². The van der Waals surface area contributed by atoms with Crippen molar-refractivity contribution in [2.24, 2.45) is 0 Å². The van der Waals surface area contributed by atoms with E-state index in [9.17, 15) is 4.79 Å². The molecular weight excluding hydrogens is 284 g/mol. The van der Waals surface area contributed by atoms with E-state index in [-0.39, 0.29) is 12.1 Å². The number of hydrogen-bond donors (Lipinski definition) is 0. The van der Waals surface area contributed by atoms with Crippen molar-refractivity contribution in [1.29, 1.82) is 0 Å². The summed E-state index contributed by atoms with van der Waals surface area (Å²) < 4.78 is 5.43. The molecule has 1 atom stereocenters. The van der Waals surface area contributed by atoms with E-state index in [0.717, 1.165) is 35.7 Å². The Bertz CT molecular complexity index is 612. The molecule has 1 amide bonds. The van der Waals surface area contributed by atoms with Gasteiger partial charge in [-0.1, -0.05) is 30.3 Å². The van der Waals surface area contributed by atoms with Crippen LogP contribution in [0.4, 0.5) is 4.79 Å². The van der Waals surface area contributed by atoms with Crippen LogP contribution in [0.3, 0.4) is 0 Å². The fourth-order valence-corrected chi connectivity index (χ4v) is 3.51. The summed E-state index contributed by atoms with van der Waals surface area (Å²) in [5.74, 6) is 0. The molecule has 1 aliphatic rings. The van der Waals surface area contributed by atoms with E-state index in [1.807, 2.05) is 42.6 Å². The van der Waals surface area contributed by atoms with Gasteiger partial charge in [-0.2, -0.15) is 0 Å². The Kier molecular flexibility index (Phi) is 4.20. The number of nitrogens with zero attached hydrogens (tertiary/aromatic N) is 2. The van der Waals surface area contributed by atoms with Crippen LogP contribution >= 0.6 is 11.3 Å². The normalized spacial score (nSPS) is 18.0. The summed E-state index contributed by atoms with van der Waals surface area (Å²) in [7, 11) is 0. The van der Waals surface area contributed by atoms with Gasteiger partial charge in [-0.15, -0.1) is 11.3 Å². The number of amides is 1. The summed E-state index contributed by atoms with van der Waals surface area (Å²) in [5, 5.41) is 3.04. The predicted molar refractivity (Wildman–Crippen MR) is 82.2 cm³/mol. The van der Waals surface area contributed by atoms with Crippen molar-refractivity contribution in [2.75, 3.05) is 6.54 Å². The van der Waals surface area contributed by atoms with E-state index in [1.54, 1.807) is 16.2 Å². The fraction of sp³-hybridized carbons (Fsp3) is 0.375. The highest BCUT2D eigenvalue weighted by molar-refractivity contribution is 7.09. The van der Waals surface area contributed by atoms with Crippen LogP contribution in [0.25, 0.3) is 0 Å². The number of carbonyl (C=O) groups is 1. The molecule has 5 heteroatoms. The van der Waals surface area contributed by atoms with E-state index in [0.29, 0.717) is 6.61 Å². The first-order chi connectivity index (χ1) is 10.2. The van der Waals surface area contributed by atoms with E-state index < -0.39 is 0 Å².